The average molecular weight is 235 g/mol. The van der Waals surface area contributed by atoms with Crippen molar-refractivity contribution in [3.63, 3.8) is 0 Å². The second-order valence-electron chi connectivity index (χ2n) is 3.69. The van der Waals surface area contributed by atoms with Crippen LogP contribution in [-0.4, -0.2) is 16.1 Å². The molecule has 4 nitrogen and oxygen atoms in total. The summed E-state index contributed by atoms with van der Waals surface area (Å²) in [5.74, 6) is -1.23. The van der Waals surface area contributed by atoms with Crippen LogP contribution in [0.3, 0.4) is 0 Å². The van der Waals surface area contributed by atoms with Crippen molar-refractivity contribution in [2.75, 3.05) is 0 Å². The Morgan fingerprint density at radius 2 is 2.12 bits per heavy atom. The van der Waals surface area contributed by atoms with Gasteiger partial charge in [0.25, 0.3) is 0 Å². The second kappa shape index (κ2) is 4.01. The summed E-state index contributed by atoms with van der Waals surface area (Å²) >= 11 is 0. The fourth-order valence-corrected chi connectivity index (χ4v) is 1.44. The third-order valence-corrected chi connectivity index (χ3v) is 2.42. The summed E-state index contributed by atoms with van der Waals surface area (Å²) in [6, 6.07) is 4.49. The highest BCUT2D eigenvalue weighted by molar-refractivity contribution is 5.87. The van der Waals surface area contributed by atoms with E-state index < -0.39 is 5.97 Å². The molecule has 0 bridgehead atoms. The highest BCUT2D eigenvalue weighted by atomic mass is 19.1. The van der Waals surface area contributed by atoms with E-state index in [2.05, 4.69) is 4.98 Å². The van der Waals surface area contributed by atoms with Crippen molar-refractivity contribution in [2.45, 2.75) is 13.8 Å². The van der Waals surface area contributed by atoms with Gasteiger partial charge in [-0.25, -0.2) is 14.2 Å². The predicted octanol–water partition coefficient (Wildman–Crippen LogP) is 2.80. The van der Waals surface area contributed by atoms with Crippen molar-refractivity contribution >= 4 is 5.97 Å². The maximum absolute atomic E-state index is 13.3. The molecule has 0 amide bonds. The summed E-state index contributed by atoms with van der Waals surface area (Å²) in [4.78, 5) is 14.6. The molecule has 0 aliphatic rings. The molecule has 5 heteroatoms. The van der Waals surface area contributed by atoms with Crippen LogP contribution in [-0.2, 0) is 0 Å². The summed E-state index contributed by atoms with van der Waals surface area (Å²) in [7, 11) is 0. The van der Waals surface area contributed by atoms with E-state index in [1.807, 2.05) is 0 Å². The molecule has 0 spiro atoms. The van der Waals surface area contributed by atoms with Gasteiger partial charge in [-0.2, -0.15) is 0 Å². The van der Waals surface area contributed by atoms with E-state index in [1.54, 1.807) is 19.1 Å². The summed E-state index contributed by atoms with van der Waals surface area (Å²) in [5, 5.41) is 8.83. The Morgan fingerprint density at radius 3 is 2.65 bits per heavy atom. The zero-order valence-electron chi connectivity index (χ0n) is 9.32. The van der Waals surface area contributed by atoms with E-state index in [-0.39, 0.29) is 23.2 Å². The molecule has 88 valence electrons. The van der Waals surface area contributed by atoms with Crippen LogP contribution in [0.5, 0.6) is 0 Å². The molecule has 0 atom stereocenters. The number of aryl methyl sites for hydroxylation is 2. The number of carboxylic acid groups (broad SMARTS) is 1. The predicted molar refractivity (Wildman–Crippen MR) is 58.3 cm³/mol. The van der Waals surface area contributed by atoms with Crippen LogP contribution in [0.4, 0.5) is 4.39 Å². The number of hydrogen-bond donors (Lipinski definition) is 1. The first-order chi connectivity index (χ1) is 7.99. The van der Waals surface area contributed by atoms with Gasteiger partial charge in [-0.3, -0.25) is 0 Å². The minimum Gasteiger partial charge on any atom is -0.476 e. The van der Waals surface area contributed by atoms with Crippen molar-refractivity contribution in [3.8, 4) is 11.5 Å². The van der Waals surface area contributed by atoms with E-state index in [4.69, 9.17) is 9.52 Å². The lowest BCUT2D eigenvalue weighted by Gasteiger charge is -1.98. The molecule has 0 unspecified atom stereocenters. The number of hydrogen-bond acceptors (Lipinski definition) is 3. The largest absolute Gasteiger partial charge is 0.476 e. The van der Waals surface area contributed by atoms with Gasteiger partial charge >= 0.3 is 5.97 Å². The van der Waals surface area contributed by atoms with E-state index >= 15 is 0 Å². The lowest BCUT2D eigenvalue weighted by atomic mass is 10.1. The SMILES string of the molecule is Cc1ccc(-c2nc(C(=O)O)c(C)o2)cc1F. The minimum absolute atomic E-state index is 0.110. The van der Waals surface area contributed by atoms with Gasteiger partial charge in [0.2, 0.25) is 5.89 Å². The molecule has 2 rings (SSSR count). The van der Waals surface area contributed by atoms with Crippen LogP contribution >= 0.6 is 0 Å². The van der Waals surface area contributed by atoms with Crippen molar-refractivity contribution in [1.29, 1.82) is 0 Å². The molecule has 17 heavy (non-hydrogen) atoms. The number of oxazole rings is 1. The number of aromatic carboxylic acids is 1. The number of aromatic nitrogens is 1. The standard InChI is InChI=1S/C12H10FNO3/c1-6-3-4-8(5-9(6)13)11-14-10(12(15)16)7(2)17-11/h3-5H,1-2H3,(H,15,16). The Balaban J connectivity index is 2.50. The maximum Gasteiger partial charge on any atom is 0.358 e. The van der Waals surface area contributed by atoms with Crippen LogP contribution in [0.1, 0.15) is 21.8 Å². The number of rotatable bonds is 2. The second-order valence-corrected chi connectivity index (χ2v) is 3.69. The summed E-state index contributed by atoms with van der Waals surface area (Å²) in [6.45, 7) is 3.15. The summed E-state index contributed by atoms with van der Waals surface area (Å²) in [5.41, 5.74) is 0.778. The Hall–Kier alpha value is -2.17. The van der Waals surface area contributed by atoms with Gasteiger partial charge in [0.1, 0.15) is 11.6 Å². The normalized spacial score (nSPS) is 10.5. The highest BCUT2D eigenvalue weighted by Crippen LogP contribution is 2.23. The number of carboxylic acids is 1. The molecule has 0 saturated heterocycles. The van der Waals surface area contributed by atoms with Gasteiger partial charge in [-0.1, -0.05) is 6.07 Å². The van der Waals surface area contributed by atoms with E-state index in [0.717, 1.165) is 0 Å². The summed E-state index contributed by atoms with van der Waals surface area (Å²) in [6.07, 6.45) is 0. The Labute approximate surface area is 96.7 Å². The zero-order valence-corrected chi connectivity index (χ0v) is 9.32. The first kappa shape index (κ1) is 11.3. The molecule has 1 aromatic carbocycles. The number of benzene rings is 1. The molecule has 1 aromatic heterocycles. The van der Waals surface area contributed by atoms with Crippen molar-refractivity contribution in [3.05, 3.63) is 41.0 Å². The van der Waals surface area contributed by atoms with E-state index in [1.165, 1.54) is 13.0 Å². The quantitative estimate of drug-likeness (QED) is 0.869. The van der Waals surface area contributed by atoms with Crippen molar-refractivity contribution in [2.24, 2.45) is 0 Å². The fourth-order valence-electron chi connectivity index (χ4n) is 1.44. The molecular weight excluding hydrogens is 225 g/mol. The van der Waals surface area contributed by atoms with Crippen LogP contribution < -0.4 is 0 Å². The van der Waals surface area contributed by atoms with Crippen LogP contribution in [0.15, 0.2) is 22.6 Å². The summed E-state index contributed by atoms with van der Waals surface area (Å²) < 4.78 is 18.5. The molecule has 2 aromatic rings. The van der Waals surface area contributed by atoms with Crippen molar-refractivity contribution in [1.82, 2.24) is 4.98 Å². The van der Waals surface area contributed by atoms with E-state index in [9.17, 15) is 9.18 Å². The van der Waals surface area contributed by atoms with Crippen LogP contribution in [0.25, 0.3) is 11.5 Å². The lowest BCUT2D eigenvalue weighted by molar-refractivity contribution is 0.0689. The Bertz CT molecular complexity index is 589. The molecule has 1 heterocycles. The zero-order chi connectivity index (χ0) is 12.6. The fraction of sp³-hybridized carbons (Fsp3) is 0.167. The maximum atomic E-state index is 13.3. The molecule has 0 saturated carbocycles. The molecule has 0 aliphatic heterocycles. The minimum atomic E-state index is -1.16. The topological polar surface area (TPSA) is 63.3 Å². The number of carbonyl (C=O) groups is 1. The highest BCUT2D eigenvalue weighted by Gasteiger charge is 2.17. The Kier molecular flexibility index (Phi) is 2.67. The third kappa shape index (κ3) is 2.04. The van der Waals surface area contributed by atoms with E-state index in [0.29, 0.717) is 11.1 Å². The monoisotopic (exact) mass is 235 g/mol. The average Bonchev–Trinajstić information content (AvgIpc) is 2.64. The number of nitrogens with zero attached hydrogens (tertiary/aromatic N) is 1. The molecule has 0 fully saturated rings. The molecule has 0 aliphatic carbocycles. The van der Waals surface area contributed by atoms with Crippen LogP contribution in [0, 0.1) is 19.7 Å². The van der Waals surface area contributed by atoms with Gasteiger partial charge in [-0.05, 0) is 31.5 Å². The van der Waals surface area contributed by atoms with Crippen molar-refractivity contribution < 1.29 is 18.7 Å². The van der Waals surface area contributed by atoms with Gasteiger partial charge in [-0.15, -0.1) is 0 Å². The first-order valence-electron chi connectivity index (χ1n) is 4.96. The van der Waals surface area contributed by atoms with Gasteiger partial charge in [0, 0.05) is 5.56 Å². The van der Waals surface area contributed by atoms with Crippen LogP contribution in [0.2, 0.25) is 0 Å². The molecule has 0 radical (unpaired) electrons. The van der Waals surface area contributed by atoms with Gasteiger partial charge in [0.05, 0.1) is 0 Å². The third-order valence-electron chi connectivity index (χ3n) is 2.42. The number of halogens is 1. The smallest absolute Gasteiger partial charge is 0.358 e. The molecule has 1 N–H and O–H groups in total. The molecular formula is C12H10FNO3. The Morgan fingerprint density at radius 1 is 1.41 bits per heavy atom. The van der Waals surface area contributed by atoms with Gasteiger partial charge in [0.15, 0.2) is 5.69 Å². The van der Waals surface area contributed by atoms with Gasteiger partial charge < -0.3 is 9.52 Å². The first-order valence-corrected chi connectivity index (χ1v) is 4.96. The lowest BCUT2D eigenvalue weighted by Crippen LogP contribution is -1.98.